The molecule has 3 atom stereocenters. The van der Waals surface area contributed by atoms with Crippen LogP contribution in [0.2, 0.25) is 0 Å². The largest absolute Gasteiger partial charge is 0.375 e. The molecule has 1 N–H and O–H groups in total. The lowest BCUT2D eigenvalue weighted by Crippen LogP contribution is -2.30. The van der Waals surface area contributed by atoms with E-state index < -0.39 is 11.6 Å². The van der Waals surface area contributed by atoms with E-state index in [1.165, 1.54) is 6.07 Å². The molecule has 1 unspecified atom stereocenters. The lowest BCUT2D eigenvalue weighted by molar-refractivity contribution is 0.417. The summed E-state index contributed by atoms with van der Waals surface area (Å²) in [6, 6.07) is 6.24. The van der Waals surface area contributed by atoms with Gasteiger partial charge in [0.15, 0.2) is 0 Å². The Hall–Kier alpha value is -2.23. The molecule has 0 radical (unpaired) electrons. The van der Waals surface area contributed by atoms with Crippen molar-refractivity contribution in [3.63, 3.8) is 0 Å². The number of fused-ring (bicyclic) bond motifs is 3. The Bertz CT molecular complexity index is 712. The van der Waals surface area contributed by atoms with Gasteiger partial charge in [0, 0.05) is 24.4 Å². The average Bonchev–Trinajstić information content (AvgIpc) is 2.97. The van der Waals surface area contributed by atoms with Crippen LogP contribution < -0.4 is 5.32 Å². The molecule has 2 aliphatic rings. The van der Waals surface area contributed by atoms with Gasteiger partial charge in [-0.15, -0.1) is 0 Å². The van der Waals surface area contributed by atoms with Crippen LogP contribution in [0.5, 0.6) is 0 Å². The van der Waals surface area contributed by atoms with E-state index in [1.807, 2.05) is 12.1 Å². The molecule has 106 valence electrons. The molecule has 4 rings (SSSR count). The first-order valence-electron chi connectivity index (χ1n) is 7.06. The second-order valence-electron chi connectivity index (χ2n) is 5.61. The average molecular weight is 284 g/mol. The quantitative estimate of drug-likeness (QED) is 0.794. The van der Waals surface area contributed by atoms with Gasteiger partial charge in [-0.05, 0) is 35.6 Å². The number of hydrogen-bond acceptors (Lipinski definition) is 2. The summed E-state index contributed by atoms with van der Waals surface area (Å²) in [5.41, 5.74) is 2.16. The number of pyridine rings is 1. The van der Waals surface area contributed by atoms with Crippen LogP contribution in [-0.2, 0) is 0 Å². The van der Waals surface area contributed by atoms with E-state index >= 15 is 0 Å². The summed E-state index contributed by atoms with van der Waals surface area (Å²) in [5, 5.41) is 3.26. The van der Waals surface area contributed by atoms with Gasteiger partial charge in [0.25, 0.3) is 0 Å². The minimum atomic E-state index is -0.530. The first-order valence-corrected chi connectivity index (χ1v) is 7.06. The van der Waals surface area contributed by atoms with Crippen LogP contribution in [0.3, 0.4) is 0 Å². The molecule has 0 amide bonds. The van der Waals surface area contributed by atoms with Gasteiger partial charge in [0.05, 0.1) is 11.7 Å². The lowest BCUT2D eigenvalue weighted by Gasteiger charge is -2.37. The summed E-state index contributed by atoms with van der Waals surface area (Å²) in [7, 11) is 0. The molecule has 4 heteroatoms. The van der Waals surface area contributed by atoms with Crippen molar-refractivity contribution in [2.45, 2.75) is 18.4 Å². The van der Waals surface area contributed by atoms with Crippen molar-refractivity contribution in [3.8, 4) is 0 Å². The Morgan fingerprint density at radius 1 is 1.24 bits per heavy atom. The molecule has 2 nitrogen and oxygen atoms in total. The Labute approximate surface area is 121 Å². The highest BCUT2D eigenvalue weighted by Crippen LogP contribution is 2.50. The van der Waals surface area contributed by atoms with Crippen LogP contribution in [0, 0.1) is 17.6 Å². The lowest BCUT2D eigenvalue weighted by atomic mass is 9.77. The highest BCUT2D eigenvalue weighted by Gasteiger charge is 2.39. The minimum absolute atomic E-state index is 0.00818. The van der Waals surface area contributed by atoms with Gasteiger partial charge in [0.1, 0.15) is 11.6 Å². The Balaban J connectivity index is 1.84. The maximum atomic E-state index is 14.1. The summed E-state index contributed by atoms with van der Waals surface area (Å²) >= 11 is 0. The van der Waals surface area contributed by atoms with Gasteiger partial charge >= 0.3 is 0 Å². The topological polar surface area (TPSA) is 24.9 Å². The number of benzene rings is 1. The first kappa shape index (κ1) is 12.5. The molecule has 0 bridgehead atoms. The fourth-order valence-corrected chi connectivity index (χ4v) is 3.51. The number of rotatable bonds is 1. The van der Waals surface area contributed by atoms with E-state index in [0.29, 0.717) is 11.3 Å². The molecule has 0 saturated heterocycles. The molecule has 0 saturated carbocycles. The maximum Gasteiger partial charge on any atom is 0.149 e. The summed E-state index contributed by atoms with van der Waals surface area (Å²) in [4.78, 5) is 4.15. The number of allylic oxidation sites excluding steroid dienone is 2. The number of aromatic nitrogens is 1. The summed E-state index contributed by atoms with van der Waals surface area (Å²) in [6.45, 7) is 0. The summed E-state index contributed by atoms with van der Waals surface area (Å²) in [6.07, 6.45) is 8.58. The third-order valence-corrected chi connectivity index (χ3v) is 4.43. The molecular weight excluding hydrogens is 270 g/mol. The maximum absolute atomic E-state index is 14.1. The standard InChI is InChI=1S/C17H14F2N2/c18-11-7-14-12-4-1-5-13(12)16(10-3-2-6-20-9-10)21-17(14)15(19)8-11/h1-4,6-9,12-13,16,21H,5H2/t12-,13+,16?/m1/s1. The Morgan fingerprint density at radius 2 is 2.14 bits per heavy atom. The fourth-order valence-electron chi connectivity index (χ4n) is 3.51. The second kappa shape index (κ2) is 4.65. The zero-order valence-electron chi connectivity index (χ0n) is 11.3. The molecule has 0 fully saturated rings. The Morgan fingerprint density at radius 3 is 2.95 bits per heavy atom. The van der Waals surface area contributed by atoms with Crippen molar-refractivity contribution in [2.75, 3.05) is 5.32 Å². The van der Waals surface area contributed by atoms with Crippen LogP contribution in [0.1, 0.15) is 29.5 Å². The van der Waals surface area contributed by atoms with Gasteiger partial charge in [-0.3, -0.25) is 4.98 Å². The monoisotopic (exact) mass is 284 g/mol. The Kier molecular flexibility index (Phi) is 2.77. The second-order valence-corrected chi connectivity index (χ2v) is 5.61. The van der Waals surface area contributed by atoms with Gasteiger partial charge < -0.3 is 5.32 Å². The number of nitrogens with zero attached hydrogens (tertiary/aromatic N) is 1. The zero-order valence-corrected chi connectivity index (χ0v) is 11.3. The fraction of sp³-hybridized carbons (Fsp3) is 0.235. The van der Waals surface area contributed by atoms with Crippen molar-refractivity contribution in [1.82, 2.24) is 4.98 Å². The number of halogens is 2. The third-order valence-electron chi connectivity index (χ3n) is 4.43. The van der Waals surface area contributed by atoms with E-state index in [0.717, 1.165) is 18.1 Å². The predicted molar refractivity (Wildman–Crippen MR) is 76.9 cm³/mol. The number of nitrogens with one attached hydrogen (secondary N) is 1. The van der Waals surface area contributed by atoms with Crippen LogP contribution >= 0.6 is 0 Å². The first-order chi connectivity index (χ1) is 10.2. The smallest absolute Gasteiger partial charge is 0.149 e. The van der Waals surface area contributed by atoms with E-state index in [4.69, 9.17) is 0 Å². The highest BCUT2D eigenvalue weighted by atomic mass is 19.1. The van der Waals surface area contributed by atoms with E-state index in [2.05, 4.69) is 22.5 Å². The van der Waals surface area contributed by atoms with E-state index in [9.17, 15) is 8.78 Å². The molecule has 2 aromatic rings. The molecule has 1 aromatic heterocycles. The minimum Gasteiger partial charge on any atom is -0.375 e. The van der Waals surface area contributed by atoms with Gasteiger partial charge in [-0.1, -0.05) is 18.2 Å². The summed E-state index contributed by atoms with van der Waals surface area (Å²) in [5.74, 6) is -0.732. The molecule has 21 heavy (non-hydrogen) atoms. The third kappa shape index (κ3) is 1.94. The molecular formula is C17H14F2N2. The van der Waals surface area contributed by atoms with Crippen molar-refractivity contribution in [1.29, 1.82) is 0 Å². The number of anilines is 1. The van der Waals surface area contributed by atoms with Gasteiger partial charge in [-0.2, -0.15) is 0 Å². The SMILES string of the molecule is Fc1cc(F)c2c(c1)[C@@H]1C=CC[C@@H]1C(c1cccnc1)N2. The molecule has 1 aliphatic heterocycles. The van der Waals surface area contributed by atoms with Gasteiger partial charge in [-0.25, -0.2) is 8.78 Å². The van der Waals surface area contributed by atoms with Crippen molar-refractivity contribution in [2.24, 2.45) is 5.92 Å². The van der Waals surface area contributed by atoms with Crippen LogP contribution in [-0.4, -0.2) is 4.98 Å². The van der Waals surface area contributed by atoms with Crippen LogP contribution in [0.4, 0.5) is 14.5 Å². The molecule has 1 aliphatic carbocycles. The summed E-state index contributed by atoms with van der Waals surface area (Å²) < 4.78 is 27.7. The van der Waals surface area contributed by atoms with Crippen molar-refractivity contribution in [3.05, 3.63) is 71.6 Å². The van der Waals surface area contributed by atoms with Crippen molar-refractivity contribution < 1.29 is 8.78 Å². The van der Waals surface area contributed by atoms with Crippen LogP contribution in [0.15, 0.2) is 48.8 Å². The molecule has 1 aromatic carbocycles. The van der Waals surface area contributed by atoms with Gasteiger partial charge in [0.2, 0.25) is 0 Å². The van der Waals surface area contributed by atoms with Crippen molar-refractivity contribution >= 4 is 5.69 Å². The highest BCUT2D eigenvalue weighted by molar-refractivity contribution is 5.60. The van der Waals surface area contributed by atoms with E-state index in [-0.39, 0.29) is 17.9 Å². The predicted octanol–water partition coefficient (Wildman–Crippen LogP) is 4.19. The molecule has 2 heterocycles. The zero-order chi connectivity index (χ0) is 14.4. The van der Waals surface area contributed by atoms with Crippen LogP contribution in [0.25, 0.3) is 0 Å². The normalized spacial score (nSPS) is 26.1. The number of hydrogen-bond donors (Lipinski definition) is 1. The molecule has 0 spiro atoms. The van der Waals surface area contributed by atoms with E-state index in [1.54, 1.807) is 12.4 Å².